The summed E-state index contributed by atoms with van der Waals surface area (Å²) in [6.07, 6.45) is 3.89. The first kappa shape index (κ1) is 18.7. The summed E-state index contributed by atoms with van der Waals surface area (Å²) < 4.78 is 18.5. The Bertz CT molecular complexity index is 698. The van der Waals surface area contributed by atoms with Gasteiger partial charge in [-0.1, -0.05) is 0 Å². The molecule has 1 aliphatic heterocycles. The van der Waals surface area contributed by atoms with E-state index in [2.05, 4.69) is 10.3 Å². The lowest BCUT2D eigenvalue weighted by molar-refractivity contribution is -0.135. The first-order chi connectivity index (χ1) is 11.1. The molecule has 0 aliphatic carbocycles. The minimum absolute atomic E-state index is 0. The number of halogens is 2. The van der Waals surface area contributed by atoms with Crippen LogP contribution < -0.4 is 11.1 Å². The van der Waals surface area contributed by atoms with Crippen molar-refractivity contribution in [2.24, 2.45) is 11.1 Å². The number of amides is 1. The summed E-state index contributed by atoms with van der Waals surface area (Å²) in [5, 5.41) is 3.98. The van der Waals surface area contributed by atoms with E-state index in [-0.39, 0.29) is 24.1 Å². The number of fused-ring (bicyclic) bond motifs is 1. The lowest BCUT2D eigenvalue weighted by Gasteiger charge is -2.34. The van der Waals surface area contributed by atoms with E-state index in [0.717, 1.165) is 16.5 Å². The van der Waals surface area contributed by atoms with Crippen LogP contribution in [-0.2, 0) is 16.0 Å². The predicted molar refractivity (Wildman–Crippen MR) is 93.8 cm³/mol. The van der Waals surface area contributed by atoms with Crippen molar-refractivity contribution in [2.45, 2.75) is 19.3 Å². The highest BCUT2D eigenvalue weighted by Gasteiger charge is 2.38. The van der Waals surface area contributed by atoms with Gasteiger partial charge in [0, 0.05) is 43.4 Å². The zero-order valence-corrected chi connectivity index (χ0v) is 14.3. The number of benzene rings is 1. The second kappa shape index (κ2) is 7.96. The lowest BCUT2D eigenvalue weighted by Crippen LogP contribution is -2.49. The van der Waals surface area contributed by atoms with Gasteiger partial charge in [0.15, 0.2) is 0 Å². The van der Waals surface area contributed by atoms with Crippen LogP contribution in [0.3, 0.4) is 0 Å². The second-order valence-electron chi connectivity index (χ2n) is 6.11. The molecule has 0 saturated carbocycles. The maximum atomic E-state index is 13.2. The summed E-state index contributed by atoms with van der Waals surface area (Å²) in [7, 11) is 0. The molecule has 4 N–H and O–H groups in total. The van der Waals surface area contributed by atoms with Crippen molar-refractivity contribution in [2.75, 3.05) is 26.3 Å². The first-order valence-corrected chi connectivity index (χ1v) is 7.96. The molecule has 0 atom stereocenters. The number of hydrogen-bond donors (Lipinski definition) is 3. The van der Waals surface area contributed by atoms with Gasteiger partial charge in [0.1, 0.15) is 5.82 Å². The molecule has 0 radical (unpaired) electrons. The fourth-order valence-electron chi connectivity index (χ4n) is 3.15. The number of aromatic amines is 1. The van der Waals surface area contributed by atoms with Gasteiger partial charge >= 0.3 is 0 Å². The smallest absolute Gasteiger partial charge is 0.227 e. The van der Waals surface area contributed by atoms with Crippen molar-refractivity contribution in [3.8, 4) is 0 Å². The number of aromatic nitrogens is 1. The highest BCUT2D eigenvalue weighted by atomic mass is 35.5. The van der Waals surface area contributed by atoms with E-state index >= 15 is 0 Å². The summed E-state index contributed by atoms with van der Waals surface area (Å²) in [6.45, 7) is 2.04. The Balaban J connectivity index is 0.00000208. The van der Waals surface area contributed by atoms with Gasteiger partial charge in [-0.25, -0.2) is 4.39 Å². The van der Waals surface area contributed by atoms with Crippen molar-refractivity contribution in [3.63, 3.8) is 0 Å². The van der Waals surface area contributed by atoms with Crippen LogP contribution in [-0.4, -0.2) is 37.2 Å². The van der Waals surface area contributed by atoms with Gasteiger partial charge < -0.3 is 20.8 Å². The third-order valence-corrected chi connectivity index (χ3v) is 4.73. The van der Waals surface area contributed by atoms with Crippen LogP contribution in [0.4, 0.5) is 4.39 Å². The topological polar surface area (TPSA) is 80.1 Å². The molecule has 0 bridgehead atoms. The Morgan fingerprint density at radius 3 is 2.83 bits per heavy atom. The fraction of sp³-hybridized carbons (Fsp3) is 0.471. The molecular formula is C17H23ClFN3O2. The number of carbonyl (C=O) groups excluding carboxylic acids is 1. The molecule has 7 heteroatoms. The number of H-pyrrole nitrogens is 1. The Morgan fingerprint density at radius 2 is 2.12 bits per heavy atom. The summed E-state index contributed by atoms with van der Waals surface area (Å²) >= 11 is 0. The molecule has 1 aromatic carbocycles. The van der Waals surface area contributed by atoms with E-state index in [0.29, 0.717) is 45.6 Å². The summed E-state index contributed by atoms with van der Waals surface area (Å²) in [5.74, 6) is -0.252. The number of hydrogen-bond acceptors (Lipinski definition) is 3. The maximum absolute atomic E-state index is 13.2. The van der Waals surface area contributed by atoms with E-state index in [1.165, 1.54) is 12.1 Å². The first-order valence-electron chi connectivity index (χ1n) is 7.96. The van der Waals surface area contributed by atoms with Gasteiger partial charge in [0.05, 0.1) is 5.41 Å². The highest BCUT2D eigenvalue weighted by molar-refractivity contribution is 5.85. The number of rotatable bonds is 5. The summed E-state index contributed by atoms with van der Waals surface area (Å²) in [5.41, 5.74) is 7.18. The molecular weight excluding hydrogens is 333 g/mol. The molecule has 132 valence electrons. The third-order valence-electron chi connectivity index (χ3n) is 4.73. The second-order valence-corrected chi connectivity index (χ2v) is 6.11. The quantitative estimate of drug-likeness (QED) is 0.768. The van der Waals surface area contributed by atoms with Gasteiger partial charge in [-0.3, -0.25) is 4.79 Å². The van der Waals surface area contributed by atoms with E-state index in [9.17, 15) is 9.18 Å². The van der Waals surface area contributed by atoms with Crippen molar-refractivity contribution < 1.29 is 13.9 Å². The molecule has 1 aromatic heterocycles. The van der Waals surface area contributed by atoms with Gasteiger partial charge in [-0.05, 0) is 43.0 Å². The molecule has 1 aliphatic rings. The van der Waals surface area contributed by atoms with E-state index in [1.807, 2.05) is 6.20 Å². The van der Waals surface area contributed by atoms with Crippen molar-refractivity contribution in [1.82, 2.24) is 10.3 Å². The van der Waals surface area contributed by atoms with E-state index in [1.54, 1.807) is 6.07 Å². The highest BCUT2D eigenvalue weighted by Crippen LogP contribution is 2.29. The van der Waals surface area contributed by atoms with Crippen LogP contribution in [0, 0.1) is 11.2 Å². The third kappa shape index (κ3) is 3.71. The minimum Gasteiger partial charge on any atom is -0.381 e. The SMILES string of the molecule is Cl.NCC1(C(=O)NCCc2c[nH]c3cc(F)ccc23)CCOCC1. The zero-order chi connectivity index (χ0) is 16.3. The Kier molecular flexibility index (Phi) is 6.21. The van der Waals surface area contributed by atoms with Crippen LogP contribution >= 0.6 is 12.4 Å². The Hall–Kier alpha value is -1.63. The fourth-order valence-corrected chi connectivity index (χ4v) is 3.15. The summed E-state index contributed by atoms with van der Waals surface area (Å²) in [6, 6.07) is 4.69. The van der Waals surface area contributed by atoms with Crippen LogP contribution in [0.15, 0.2) is 24.4 Å². The van der Waals surface area contributed by atoms with Gasteiger partial charge in [0.25, 0.3) is 0 Å². The average molecular weight is 356 g/mol. The normalized spacial score (nSPS) is 16.6. The minimum atomic E-state index is -0.498. The summed E-state index contributed by atoms with van der Waals surface area (Å²) in [4.78, 5) is 15.5. The van der Waals surface area contributed by atoms with Crippen molar-refractivity contribution in [1.29, 1.82) is 0 Å². The molecule has 0 unspecified atom stereocenters. The molecule has 2 aromatic rings. The number of ether oxygens (including phenoxy) is 1. The molecule has 3 rings (SSSR count). The van der Waals surface area contributed by atoms with Crippen molar-refractivity contribution >= 4 is 29.2 Å². The van der Waals surface area contributed by atoms with Crippen LogP contribution in [0.25, 0.3) is 10.9 Å². The Labute approximate surface area is 146 Å². The van der Waals surface area contributed by atoms with Crippen LogP contribution in [0.1, 0.15) is 18.4 Å². The standard InChI is InChI=1S/C17H22FN3O2.ClH/c18-13-1-2-14-12(10-21-15(14)9-13)3-6-20-16(22)17(11-19)4-7-23-8-5-17;/h1-2,9-10,21H,3-8,11,19H2,(H,20,22);1H. The molecule has 24 heavy (non-hydrogen) atoms. The number of nitrogens with two attached hydrogens (primary N) is 1. The van der Waals surface area contributed by atoms with E-state index < -0.39 is 5.41 Å². The van der Waals surface area contributed by atoms with Gasteiger partial charge in [-0.15, -0.1) is 12.4 Å². The molecule has 1 fully saturated rings. The van der Waals surface area contributed by atoms with Gasteiger partial charge in [-0.2, -0.15) is 0 Å². The number of carbonyl (C=O) groups is 1. The largest absolute Gasteiger partial charge is 0.381 e. The van der Waals surface area contributed by atoms with E-state index in [4.69, 9.17) is 10.5 Å². The number of nitrogens with one attached hydrogen (secondary N) is 2. The molecule has 1 saturated heterocycles. The van der Waals surface area contributed by atoms with Crippen LogP contribution in [0.2, 0.25) is 0 Å². The Morgan fingerprint density at radius 1 is 1.38 bits per heavy atom. The maximum Gasteiger partial charge on any atom is 0.227 e. The zero-order valence-electron chi connectivity index (χ0n) is 13.4. The molecule has 0 spiro atoms. The van der Waals surface area contributed by atoms with Crippen molar-refractivity contribution in [3.05, 3.63) is 35.8 Å². The average Bonchev–Trinajstić information content (AvgIpc) is 2.97. The van der Waals surface area contributed by atoms with Gasteiger partial charge in [0.2, 0.25) is 5.91 Å². The molecule has 2 heterocycles. The lowest BCUT2D eigenvalue weighted by atomic mass is 9.79. The predicted octanol–water partition coefficient (Wildman–Crippen LogP) is 2.14. The molecule has 5 nitrogen and oxygen atoms in total. The molecule has 1 amide bonds. The van der Waals surface area contributed by atoms with Crippen LogP contribution in [0.5, 0.6) is 0 Å². The monoisotopic (exact) mass is 355 g/mol.